The average Bonchev–Trinajstić information content (AvgIpc) is 2.61. The minimum Gasteiger partial charge on any atom is -0.312 e. The number of rotatable bonds is 2. The summed E-state index contributed by atoms with van der Waals surface area (Å²) in [7, 11) is 0. The van der Waals surface area contributed by atoms with Crippen molar-refractivity contribution in [3.05, 3.63) is 35.9 Å². The van der Waals surface area contributed by atoms with E-state index in [1.165, 1.54) is 4.90 Å². The fourth-order valence-electron chi connectivity index (χ4n) is 3.26. The minimum atomic E-state index is -0.242. The molecule has 2 aliphatic heterocycles. The summed E-state index contributed by atoms with van der Waals surface area (Å²) < 4.78 is 0. The van der Waals surface area contributed by atoms with E-state index in [9.17, 15) is 9.59 Å². The predicted molar refractivity (Wildman–Crippen MR) is 75.9 cm³/mol. The van der Waals surface area contributed by atoms with Crippen molar-refractivity contribution in [2.45, 2.75) is 38.8 Å². The Hall–Kier alpha value is -1.84. The molecule has 0 spiro atoms. The number of benzene rings is 1. The molecule has 1 aromatic carbocycles. The molecule has 1 aromatic rings. The van der Waals surface area contributed by atoms with Crippen LogP contribution in [-0.4, -0.2) is 34.3 Å². The monoisotopic (exact) mass is 272 g/mol. The largest absolute Gasteiger partial charge is 0.327 e. The fraction of sp³-hybridized carbons (Fsp3) is 0.500. The molecule has 20 heavy (non-hydrogen) atoms. The molecule has 0 radical (unpaired) electrons. The van der Waals surface area contributed by atoms with Gasteiger partial charge in [-0.3, -0.25) is 9.69 Å². The third-order valence-electron chi connectivity index (χ3n) is 4.36. The number of urea groups is 1. The van der Waals surface area contributed by atoms with E-state index in [1.54, 1.807) is 4.90 Å². The highest BCUT2D eigenvalue weighted by atomic mass is 16.2. The van der Waals surface area contributed by atoms with Crippen LogP contribution in [0, 0.1) is 5.92 Å². The zero-order valence-electron chi connectivity index (χ0n) is 11.8. The van der Waals surface area contributed by atoms with Crippen molar-refractivity contribution in [2.24, 2.45) is 5.92 Å². The van der Waals surface area contributed by atoms with E-state index in [4.69, 9.17) is 0 Å². The summed E-state index contributed by atoms with van der Waals surface area (Å²) in [6.07, 6.45) is 3.13. The molecule has 4 heteroatoms. The zero-order valence-corrected chi connectivity index (χ0v) is 11.8. The number of carbonyl (C=O) groups is 2. The van der Waals surface area contributed by atoms with Gasteiger partial charge in [-0.15, -0.1) is 0 Å². The van der Waals surface area contributed by atoms with Crippen LogP contribution in [0.5, 0.6) is 0 Å². The molecule has 3 amide bonds. The Balaban J connectivity index is 1.83. The molecule has 0 aliphatic carbocycles. The van der Waals surface area contributed by atoms with Gasteiger partial charge in [-0.25, -0.2) is 4.79 Å². The number of hydrogen-bond acceptors (Lipinski definition) is 2. The minimum absolute atomic E-state index is 0.0201. The molecule has 1 unspecified atom stereocenters. The molecule has 0 aromatic heterocycles. The maximum absolute atomic E-state index is 12.6. The van der Waals surface area contributed by atoms with Crippen molar-refractivity contribution in [1.82, 2.24) is 9.80 Å². The number of carbonyl (C=O) groups excluding carboxylic acids is 2. The van der Waals surface area contributed by atoms with Gasteiger partial charge in [0.15, 0.2) is 0 Å². The number of imide groups is 1. The van der Waals surface area contributed by atoms with Crippen LogP contribution in [0.4, 0.5) is 4.79 Å². The molecule has 3 rings (SSSR count). The first-order valence-electron chi connectivity index (χ1n) is 7.34. The lowest BCUT2D eigenvalue weighted by Crippen LogP contribution is -2.38. The summed E-state index contributed by atoms with van der Waals surface area (Å²) in [6, 6.07) is 9.35. The van der Waals surface area contributed by atoms with Crippen LogP contribution in [0.25, 0.3) is 0 Å². The number of hydrogen-bond donors (Lipinski definition) is 0. The number of amides is 3. The van der Waals surface area contributed by atoms with Crippen molar-refractivity contribution < 1.29 is 9.59 Å². The molecule has 0 N–H and O–H groups in total. The SMILES string of the molecule is C[C@H]1CCCCN2C(=O)N(Cc3ccccc3)C(=O)C12. The van der Waals surface area contributed by atoms with Crippen LogP contribution in [0.15, 0.2) is 30.3 Å². The van der Waals surface area contributed by atoms with E-state index in [0.29, 0.717) is 13.1 Å². The van der Waals surface area contributed by atoms with Gasteiger partial charge in [0.25, 0.3) is 5.91 Å². The second kappa shape index (κ2) is 5.27. The molecule has 0 bridgehead atoms. The first-order chi connectivity index (χ1) is 9.68. The summed E-state index contributed by atoms with van der Waals surface area (Å²) in [4.78, 5) is 28.3. The first kappa shape index (κ1) is 13.2. The molecule has 2 atom stereocenters. The first-order valence-corrected chi connectivity index (χ1v) is 7.34. The number of nitrogens with zero attached hydrogens (tertiary/aromatic N) is 2. The maximum atomic E-state index is 12.6. The Morgan fingerprint density at radius 2 is 1.90 bits per heavy atom. The lowest BCUT2D eigenvalue weighted by Gasteiger charge is -2.22. The van der Waals surface area contributed by atoms with Gasteiger partial charge >= 0.3 is 6.03 Å². The molecule has 0 saturated carbocycles. The van der Waals surface area contributed by atoms with Crippen molar-refractivity contribution in [1.29, 1.82) is 0 Å². The molecule has 2 aliphatic rings. The molecule has 2 fully saturated rings. The van der Waals surface area contributed by atoms with E-state index in [2.05, 4.69) is 6.92 Å². The second-order valence-electron chi connectivity index (χ2n) is 5.80. The van der Waals surface area contributed by atoms with Crippen LogP contribution in [0.2, 0.25) is 0 Å². The van der Waals surface area contributed by atoms with Crippen molar-refractivity contribution in [2.75, 3.05) is 6.54 Å². The average molecular weight is 272 g/mol. The van der Waals surface area contributed by atoms with Crippen LogP contribution in [0.1, 0.15) is 31.7 Å². The highest BCUT2D eigenvalue weighted by Crippen LogP contribution is 2.30. The summed E-state index contributed by atoms with van der Waals surface area (Å²) in [6.45, 7) is 3.18. The molecular weight excluding hydrogens is 252 g/mol. The Kier molecular flexibility index (Phi) is 3.47. The van der Waals surface area contributed by atoms with E-state index in [0.717, 1.165) is 24.8 Å². The van der Waals surface area contributed by atoms with Gasteiger partial charge in [0, 0.05) is 6.54 Å². The quantitative estimate of drug-likeness (QED) is 0.777. The Morgan fingerprint density at radius 1 is 1.15 bits per heavy atom. The number of fused-ring (bicyclic) bond motifs is 1. The molecule has 106 valence electrons. The van der Waals surface area contributed by atoms with Gasteiger partial charge in [0.1, 0.15) is 6.04 Å². The van der Waals surface area contributed by atoms with Gasteiger partial charge in [0.05, 0.1) is 6.54 Å². The van der Waals surface area contributed by atoms with Crippen LogP contribution in [-0.2, 0) is 11.3 Å². The maximum Gasteiger partial charge on any atom is 0.327 e. The van der Waals surface area contributed by atoms with Gasteiger partial charge < -0.3 is 4.90 Å². The van der Waals surface area contributed by atoms with E-state index < -0.39 is 0 Å². The fourth-order valence-corrected chi connectivity index (χ4v) is 3.26. The summed E-state index contributed by atoms with van der Waals surface area (Å²) in [5.41, 5.74) is 1.000. The van der Waals surface area contributed by atoms with E-state index in [-0.39, 0.29) is 23.9 Å². The van der Waals surface area contributed by atoms with Crippen LogP contribution < -0.4 is 0 Å². The van der Waals surface area contributed by atoms with E-state index >= 15 is 0 Å². The van der Waals surface area contributed by atoms with Gasteiger partial charge in [-0.1, -0.05) is 43.7 Å². The van der Waals surface area contributed by atoms with E-state index in [1.807, 2.05) is 30.3 Å². The lowest BCUT2D eigenvalue weighted by molar-refractivity contribution is -0.129. The van der Waals surface area contributed by atoms with Crippen LogP contribution in [0.3, 0.4) is 0 Å². The van der Waals surface area contributed by atoms with Crippen LogP contribution >= 0.6 is 0 Å². The second-order valence-corrected chi connectivity index (χ2v) is 5.80. The summed E-state index contributed by atoms with van der Waals surface area (Å²) >= 11 is 0. The van der Waals surface area contributed by atoms with Crippen molar-refractivity contribution in [3.8, 4) is 0 Å². The Labute approximate surface area is 119 Å². The summed E-state index contributed by atoms with van der Waals surface area (Å²) in [5, 5.41) is 0. The normalized spacial score (nSPS) is 26.6. The molecular formula is C16H20N2O2. The standard InChI is InChI=1S/C16H20N2O2/c1-12-7-5-6-10-17-14(12)15(19)18(16(17)20)11-13-8-3-2-4-9-13/h2-4,8-9,12,14H,5-7,10-11H2,1H3/t12-,14?/m0/s1. The third kappa shape index (κ3) is 2.19. The van der Waals surface area contributed by atoms with Gasteiger partial charge in [-0.05, 0) is 24.3 Å². The predicted octanol–water partition coefficient (Wildman–Crippen LogP) is 2.64. The zero-order chi connectivity index (χ0) is 14.1. The molecule has 4 nitrogen and oxygen atoms in total. The Morgan fingerprint density at radius 3 is 2.65 bits per heavy atom. The highest BCUT2D eigenvalue weighted by Gasteiger charge is 2.47. The summed E-state index contributed by atoms with van der Waals surface area (Å²) in [5.74, 6) is 0.239. The molecule has 2 heterocycles. The highest BCUT2D eigenvalue weighted by molar-refractivity contribution is 6.04. The van der Waals surface area contributed by atoms with Crippen molar-refractivity contribution in [3.63, 3.8) is 0 Å². The lowest BCUT2D eigenvalue weighted by atomic mass is 9.97. The topological polar surface area (TPSA) is 40.6 Å². The van der Waals surface area contributed by atoms with Crippen molar-refractivity contribution >= 4 is 11.9 Å². The molecule has 2 saturated heterocycles. The third-order valence-corrected chi connectivity index (χ3v) is 4.36. The smallest absolute Gasteiger partial charge is 0.312 e. The Bertz CT molecular complexity index is 514. The van der Waals surface area contributed by atoms with Gasteiger partial charge in [-0.2, -0.15) is 0 Å². The van der Waals surface area contributed by atoms with Gasteiger partial charge in [0.2, 0.25) is 0 Å².